The fourth-order valence-corrected chi connectivity index (χ4v) is 4.21. The predicted molar refractivity (Wildman–Crippen MR) is 122 cm³/mol. The van der Waals surface area contributed by atoms with E-state index >= 15 is 0 Å². The van der Waals surface area contributed by atoms with Gasteiger partial charge in [-0.3, -0.25) is 9.59 Å². The molecule has 1 atom stereocenters. The van der Waals surface area contributed by atoms with E-state index in [1.54, 1.807) is 0 Å². The summed E-state index contributed by atoms with van der Waals surface area (Å²) in [5.74, 6) is 0.400. The van der Waals surface area contributed by atoms with Crippen molar-refractivity contribution in [2.24, 2.45) is 5.92 Å². The Kier molecular flexibility index (Phi) is 7.54. The Morgan fingerprint density at radius 1 is 1.07 bits per heavy atom. The molecule has 4 nitrogen and oxygen atoms in total. The number of benzene rings is 2. The maximum atomic E-state index is 13.2. The Morgan fingerprint density at radius 2 is 1.70 bits per heavy atom. The number of halogens is 1. The Hall–Kier alpha value is -2.33. The standard InChI is InChI=1S/C25H31ClN2O2/c1-17(2)24(27-23(29)16-21-7-5-4-6-18(21)3)25(30)28-14-12-20(13-15-28)19-8-10-22(26)11-9-19/h4-11,17,20,24H,12-16H2,1-3H3,(H,27,29)/t24-/m1/s1. The van der Waals surface area contributed by atoms with E-state index in [9.17, 15) is 9.59 Å². The quantitative estimate of drug-likeness (QED) is 0.725. The number of hydrogen-bond donors (Lipinski definition) is 1. The fourth-order valence-electron chi connectivity index (χ4n) is 4.08. The number of aryl methyl sites for hydroxylation is 1. The highest BCUT2D eigenvalue weighted by molar-refractivity contribution is 6.30. The van der Waals surface area contributed by atoms with Crippen LogP contribution in [0.25, 0.3) is 0 Å². The summed E-state index contributed by atoms with van der Waals surface area (Å²) >= 11 is 5.99. The third-order valence-corrected chi connectivity index (χ3v) is 6.26. The summed E-state index contributed by atoms with van der Waals surface area (Å²) in [5.41, 5.74) is 3.36. The van der Waals surface area contributed by atoms with Crippen LogP contribution in [0.3, 0.4) is 0 Å². The average Bonchev–Trinajstić information content (AvgIpc) is 2.74. The van der Waals surface area contributed by atoms with Gasteiger partial charge in [-0.05, 0) is 60.4 Å². The second-order valence-corrected chi connectivity index (χ2v) is 8.98. The number of nitrogens with one attached hydrogen (secondary N) is 1. The van der Waals surface area contributed by atoms with Gasteiger partial charge in [-0.2, -0.15) is 0 Å². The average molecular weight is 427 g/mol. The molecule has 1 fully saturated rings. The number of hydrogen-bond acceptors (Lipinski definition) is 2. The van der Waals surface area contributed by atoms with E-state index in [4.69, 9.17) is 11.6 Å². The summed E-state index contributed by atoms with van der Waals surface area (Å²) in [6.07, 6.45) is 2.15. The van der Waals surface area contributed by atoms with Gasteiger partial charge in [-0.15, -0.1) is 0 Å². The van der Waals surface area contributed by atoms with Crippen LogP contribution < -0.4 is 5.32 Å². The van der Waals surface area contributed by atoms with Crippen molar-refractivity contribution in [3.8, 4) is 0 Å². The first-order chi connectivity index (χ1) is 14.3. The van der Waals surface area contributed by atoms with Crippen molar-refractivity contribution < 1.29 is 9.59 Å². The molecule has 0 aromatic heterocycles. The van der Waals surface area contributed by atoms with Crippen LogP contribution in [0.2, 0.25) is 5.02 Å². The topological polar surface area (TPSA) is 49.4 Å². The summed E-state index contributed by atoms with van der Waals surface area (Å²) in [6.45, 7) is 7.39. The molecule has 3 rings (SSSR count). The molecular formula is C25H31ClN2O2. The van der Waals surface area contributed by atoms with Crippen LogP contribution in [-0.2, 0) is 16.0 Å². The monoisotopic (exact) mass is 426 g/mol. The van der Waals surface area contributed by atoms with Gasteiger partial charge in [-0.1, -0.05) is 61.8 Å². The van der Waals surface area contributed by atoms with Gasteiger partial charge in [0.2, 0.25) is 11.8 Å². The van der Waals surface area contributed by atoms with Crippen molar-refractivity contribution in [1.29, 1.82) is 0 Å². The molecule has 0 unspecified atom stereocenters. The number of carbonyl (C=O) groups is 2. The zero-order valence-electron chi connectivity index (χ0n) is 18.0. The lowest BCUT2D eigenvalue weighted by atomic mass is 9.89. The van der Waals surface area contributed by atoms with Gasteiger partial charge in [0.1, 0.15) is 6.04 Å². The molecular weight excluding hydrogens is 396 g/mol. The highest BCUT2D eigenvalue weighted by atomic mass is 35.5. The summed E-state index contributed by atoms with van der Waals surface area (Å²) in [4.78, 5) is 27.7. The molecule has 1 aliphatic rings. The fraction of sp³-hybridized carbons (Fsp3) is 0.440. The van der Waals surface area contributed by atoms with E-state index < -0.39 is 6.04 Å². The van der Waals surface area contributed by atoms with E-state index in [0.29, 0.717) is 25.4 Å². The smallest absolute Gasteiger partial charge is 0.245 e. The van der Waals surface area contributed by atoms with Gasteiger partial charge in [-0.25, -0.2) is 0 Å². The van der Waals surface area contributed by atoms with Crippen LogP contribution in [-0.4, -0.2) is 35.8 Å². The molecule has 2 aromatic rings. The van der Waals surface area contributed by atoms with Crippen LogP contribution in [0.15, 0.2) is 48.5 Å². The Balaban J connectivity index is 1.58. The van der Waals surface area contributed by atoms with E-state index in [1.165, 1.54) is 5.56 Å². The van der Waals surface area contributed by atoms with E-state index in [2.05, 4.69) is 17.4 Å². The molecule has 2 aromatic carbocycles. The lowest BCUT2D eigenvalue weighted by Gasteiger charge is -2.35. The maximum absolute atomic E-state index is 13.2. The van der Waals surface area contributed by atoms with Gasteiger partial charge in [0.15, 0.2) is 0 Å². The Labute approximate surface area is 184 Å². The van der Waals surface area contributed by atoms with Gasteiger partial charge >= 0.3 is 0 Å². The van der Waals surface area contributed by atoms with Gasteiger partial charge in [0.05, 0.1) is 6.42 Å². The van der Waals surface area contributed by atoms with Crippen LogP contribution in [0.5, 0.6) is 0 Å². The zero-order valence-corrected chi connectivity index (χ0v) is 18.8. The zero-order chi connectivity index (χ0) is 21.7. The Morgan fingerprint density at radius 3 is 2.30 bits per heavy atom. The van der Waals surface area contributed by atoms with Gasteiger partial charge in [0.25, 0.3) is 0 Å². The molecule has 0 bridgehead atoms. The largest absolute Gasteiger partial charge is 0.344 e. The molecule has 0 saturated carbocycles. The summed E-state index contributed by atoms with van der Waals surface area (Å²) in [7, 11) is 0. The summed E-state index contributed by atoms with van der Waals surface area (Å²) < 4.78 is 0. The van der Waals surface area contributed by atoms with Crippen LogP contribution >= 0.6 is 11.6 Å². The minimum Gasteiger partial charge on any atom is -0.344 e. The van der Waals surface area contributed by atoms with E-state index in [0.717, 1.165) is 29.0 Å². The highest BCUT2D eigenvalue weighted by Crippen LogP contribution is 2.29. The minimum absolute atomic E-state index is 0.0256. The maximum Gasteiger partial charge on any atom is 0.245 e. The second-order valence-electron chi connectivity index (χ2n) is 8.54. The van der Waals surface area contributed by atoms with Crippen molar-refractivity contribution in [1.82, 2.24) is 10.2 Å². The molecule has 0 radical (unpaired) electrons. The van der Waals surface area contributed by atoms with Gasteiger partial charge in [0, 0.05) is 18.1 Å². The Bertz CT molecular complexity index is 871. The van der Waals surface area contributed by atoms with Crippen LogP contribution in [0.1, 0.15) is 49.3 Å². The van der Waals surface area contributed by atoms with Crippen LogP contribution in [0.4, 0.5) is 0 Å². The molecule has 30 heavy (non-hydrogen) atoms. The van der Waals surface area contributed by atoms with Crippen molar-refractivity contribution >= 4 is 23.4 Å². The number of carbonyl (C=O) groups excluding carboxylic acids is 2. The molecule has 1 aliphatic heterocycles. The first-order valence-corrected chi connectivity index (χ1v) is 11.1. The third-order valence-electron chi connectivity index (χ3n) is 6.01. The lowest BCUT2D eigenvalue weighted by Crippen LogP contribution is -2.53. The molecule has 2 amide bonds. The molecule has 1 saturated heterocycles. The van der Waals surface area contributed by atoms with Gasteiger partial charge < -0.3 is 10.2 Å². The first kappa shape index (κ1) is 22.4. The predicted octanol–water partition coefficient (Wildman–Crippen LogP) is 4.74. The number of piperidine rings is 1. The number of rotatable bonds is 6. The van der Waals surface area contributed by atoms with Crippen molar-refractivity contribution in [2.45, 2.75) is 52.0 Å². The molecule has 1 N–H and O–H groups in total. The molecule has 1 heterocycles. The molecule has 5 heteroatoms. The third kappa shape index (κ3) is 5.63. The number of amides is 2. The lowest BCUT2D eigenvalue weighted by molar-refractivity contribution is -0.138. The van der Waals surface area contributed by atoms with Crippen molar-refractivity contribution in [3.05, 3.63) is 70.2 Å². The van der Waals surface area contributed by atoms with Crippen molar-refractivity contribution in [3.63, 3.8) is 0 Å². The first-order valence-electron chi connectivity index (χ1n) is 10.7. The molecule has 0 aliphatic carbocycles. The highest BCUT2D eigenvalue weighted by Gasteiger charge is 2.31. The summed E-state index contributed by atoms with van der Waals surface area (Å²) in [5, 5.41) is 3.74. The molecule has 0 spiro atoms. The van der Waals surface area contributed by atoms with Crippen molar-refractivity contribution in [2.75, 3.05) is 13.1 Å². The summed E-state index contributed by atoms with van der Waals surface area (Å²) in [6, 6.07) is 15.4. The SMILES string of the molecule is Cc1ccccc1CC(=O)N[C@@H](C(=O)N1CCC(c2ccc(Cl)cc2)CC1)C(C)C. The number of nitrogens with zero attached hydrogens (tertiary/aromatic N) is 1. The normalized spacial score (nSPS) is 15.8. The molecule has 160 valence electrons. The number of likely N-dealkylation sites (tertiary alicyclic amines) is 1. The second kappa shape index (κ2) is 10.1. The minimum atomic E-state index is -0.492. The van der Waals surface area contributed by atoms with Crippen LogP contribution in [0, 0.1) is 12.8 Å². The van der Waals surface area contributed by atoms with E-state index in [1.807, 2.05) is 62.1 Å². The van der Waals surface area contributed by atoms with E-state index in [-0.39, 0.29) is 17.7 Å².